The molecule has 2 aromatic heterocycles. The number of nitrogens with one attached hydrogen (secondary N) is 2. The fourth-order valence-corrected chi connectivity index (χ4v) is 2.90. The molecule has 1 saturated heterocycles. The second-order valence-electron chi connectivity index (χ2n) is 6.83. The third kappa shape index (κ3) is 2.93. The Bertz CT molecular complexity index is 733. The minimum Gasteiger partial charge on any atom is -0.367 e. The Morgan fingerprint density at radius 2 is 2.17 bits per heavy atom. The summed E-state index contributed by atoms with van der Waals surface area (Å²) in [5.41, 5.74) is 1.55. The van der Waals surface area contributed by atoms with Gasteiger partial charge in [0.05, 0.1) is 13.2 Å². The molecule has 1 amide bonds. The smallest absolute Gasteiger partial charge is 0.274 e. The first kappa shape index (κ1) is 15.3. The molecule has 0 radical (unpaired) electrons. The van der Waals surface area contributed by atoms with Crippen molar-refractivity contribution in [3.63, 3.8) is 0 Å². The van der Waals surface area contributed by atoms with Crippen LogP contribution in [0.3, 0.4) is 0 Å². The zero-order valence-electron chi connectivity index (χ0n) is 14.0. The molecule has 1 aliphatic heterocycles. The largest absolute Gasteiger partial charge is 0.367 e. The molecule has 3 heterocycles. The zero-order valence-corrected chi connectivity index (χ0v) is 14.0. The number of hydrogen-bond acceptors (Lipinski definition) is 5. The molecule has 2 aromatic rings. The standard InChI is InChI=1S/C16H22N6O2/c1-9(2)14-17-15(21-20-14)13-8-22(5-6-24-13)16(23)12-7-11(18-19-12)10-3-4-10/h7,9-10,13H,3-6,8H2,1-2H3,(H,18,19)(H,17,20,21). The molecule has 0 spiro atoms. The van der Waals surface area contributed by atoms with E-state index in [9.17, 15) is 4.79 Å². The first-order valence-electron chi connectivity index (χ1n) is 8.50. The lowest BCUT2D eigenvalue weighted by Gasteiger charge is -2.31. The van der Waals surface area contributed by atoms with Gasteiger partial charge in [0.15, 0.2) is 11.6 Å². The Balaban J connectivity index is 1.45. The third-order valence-electron chi connectivity index (χ3n) is 4.53. The van der Waals surface area contributed by atoms with Crippen molar-refractivity contribution >= 4 is 5.91 Å². The number of ether oxygens (including phenoxy) is 1. The van der Waals surface area contributed by atoms with E-state index in [-0.39, 0.29) is 17.9 Å². The van der Waals surface area contributed by atoms with E-state index >= 15 is 0 Å². The topological polar surface area (TPSA) is 99.8 Å². The Labute approximate surface area is 140 Å². The van der Waals surface area contributed by atoms with E-state index in [0.29, 0.717) is 37.1 Å². The van der Waals surface area contributed by atoms with Crippen LogP contribution < -0.4 is 0 Å². The van der Waals surface area contributed by atoms with Crippen molar-refractivity contribution in [2.24, 2.45) is 0 Å². The van der Waals surface area contributed by atoms with Gasteiger partial charge in [0.1, 0.15) is 11.8 Å². The van der Waals surface area contributed by atoms with Gasteiger partial charge < -0.3 is 9.64 Å². The highest BCUT2D eigenvalue weighted by molar-refractivity contribution is 5.92. The summed E-state index contributed by atoms with van der Waals surface area (Å²) in [6, 6.07) is 1.88. The van der Waals surface area contributed by atoms with Crippen molar-refractivity contribution in [3.8, 4) is 0 Å². The van der Waals surface area contributed by atoms with Crippen LogP contribution in [0.4, 0.5) is 0 Å². The summed E-state index contributed by atoms with van der Waals surface area (Å²) >= 11 is 0. The van der Waals surface area contributed by atoms with Gasteiger partial charge in [0.2, 0.25) is 0 Å². The van der Waals surface area contributed by atoms with Crippen LogP contribution in [0.25, 0.3) is 0 Å². The van der Waals surface area contributed by atoms with Crippen LogP contribution in [0.1, 0.15) is 72.5 Å². The molecule has 128 valence electrons. The van der Waals surface area contributed by atoms with Crippen molar-refractivity contribution in [1.82, 2.24) is 30.3 Å². The second-order valence-corrected chi connectivity index (χ2v) is 6.83. The molecule has 1 saturated carbocycles. The van der Waals surface area contributed by atoms with E-state index in [1.165, 1.54) is 12.8 Å². The molecule has 2 aliphatic rings. The number of aromatic amines is 2. The number of nitrogens with zero attached hydrogens (tertiary/aromatic N) is 4. The fourth-order valence-electron chi connectivity index (χ4n) is 2.90. The van der Waals surface area contributed by atoms with E-state index in [0.717, 1.165) is 11.5 Å². The number of aromatic nitrogens is 5. The lowest BCUT2D eigenvalue weighted by atomic mass is 10.2. The lowest BCUT2D eigenvalue weighted by Crippen LogP contribution is -2.42. The maximum Gasteiger partial charge on any atom is 0.274 e. The average Bonchev–Trinajstić information content (AvgIpc) is 3.13. The Morgan fingerprint density at radius 1 is 1.33 bits per heavy atom. The van der Waals surface area contributed by atoms with Crippen LogP contribution in [0, 0.1) is 0 Å². The van der Waals surface area contributed by atoms with Gasteiger partial charge in [0, 0.05) is 24.1 Å². The Hall–Kier alpha value is -2.22. The lowest BCUT2D eigenvalue weighted by molar-refractivity contribution is -0.0268. The van der Waals surface area contributed by atoms with E-state index in [2.05, 4.69) is 25.4 Å². The van der Waals surface area contributed by atoms with Gasteiger partial charge in [-0.05, 0) is 18.9 Å². The van der Waals surface area contributed by atoms with Gasteiger partial charge in [-0.15, -0.1) is 0 Å². The third-order valence-corrected chi connectivity index (χ3v) is 4.53. The van der Waals surface area contributed by atoms with Crippen LogP contribution in [0.15, 0.2) is 6.07 Å². The number of rotatable bonds is 4. The molecule has 0 aromatic carbocycles. The number of carbonyl (C=O) groups excluding carboxylic acids is 1. The summed E-state index contributed by atoms with van der Waals surface area (Å²) in [5.74, 6) is 2.19. The average molecular weight is 330 g/mol. The summed E-state index contributed by atoms with van der Waals surface area (Å²) in [7, 11) is 0. The highest BCUT2D eigenvalue weighted by Crippen LogP contribution is 2.39. The van der Waals surface area contributed by atoms with Gasteiger partial charge in [-0.25, -0.2) is 4.98 Å². The van der Waals surface area contributed by atoms with Crippen LogP contribution in [0.5, 0.6) is 0 Å². The monoisotopic (exact) mass is 330 g/mol. The van der Waals surface area contributed by atoms with Gasteiger partial charge >= 0.3 is 0 Å². The maximum atomic E-state index is 12.7. The van der Waals surface area contributed by atoms with Crippen LogP contribution in [-0.2, 0) is 4.74 Å². The summed E-state index contributed by atoms with van der Waals surface area (Å²) in [6.07, 6.45) is 2.09. The SMILES string of the molecule is CC(C)c1n[nH]c(C2CN(C(=O)c3cc(C4CC4)[nH]n3)CCO2)n1. The first-order chi connectivity index (χ1) is 11.6. The van der Waals surface area contributed by atoms with Gasteiger partial charge in [-0.3, -0.25) is 15.0 Å². The number of H-pyrrole nitrogens is 2. The highest BCUT2D eigenvalue weighted by atomic mass is 16.5. The molecule has 0 bridgehead atoms. The van der Waals surface area contributed by atoms with E-state index in [4.69, 9.17) is 4.74 Å². The Kier molecular flexibility index (Phi) is 3.84. The predicted octanol–water partition coefficient (Wildman–Crippen LogP) is 1.74. The molecule has 1 atom stereocenters. The molecule has 1 unspecified atom stereocenters. The second kappa shape index (κ2) is 6.01. The predicted molar refractivity (Wildman–Crippen MR) is 85.6 cm³/mol. The molecule has 4 rings (SSSR count). The van der Waals surface area contributed by atoms with Crippen LogP contribution >= 0.6 is 0 Å². The van der Waals surface area contributed by atoms with Gasteiger partial charge in [0.25, 0.3) is 5.91 Å². The van der Waals surface area contributed by atoms with Crippen molar-refractivity contribution in [3.05, 3.63) is 29.1 Å². The summed E-state index contributed by atoms with van der Waals surface area (Å²) in [4.78, 5) is 18.9. The van der Waals surface area contributed by atoms with E-state index in [1.54, 1.807) is 4.90 Å². The quantitative estimate of drug-likeness (QED) is 0.889. The number of morpholine rings is 1. The molecule has 1 aliphatic carbocycles. The van der Waals surface area contributed by atoms with E-state index < -0.39 is 0 Å². The molecule has 8 nitrogen and oxygen atoms in total. The van der Waals surface area contributed by atoms with Gasteiger partial charge in [-0.1, -0.05) is 13.8 Å². The summed E-state index contributed by atoms with van der Waals surface area (Å²) in [5, 5.41) is 14.3. The van der Waals surface area contributed by atoms with Gasteiger partial charge in [-0.2, -0.15) is 10.2 Å². The molecule has 2 N–H and O–H groups in total. The van der Waals surface area contributed by atoms with Crippen LogP contribution in [0.2, 0.25) is 0 Å². The first-order valence-corrected chi connectivity index (χ1v) is 8.50. The van der Waals surface area contributed by atoms with Crippen molar-refractivity contribution < 1.29 is 9.53 Å². The molecule has 24 heavy (non-hydrogen) atoms. The maximum absolute atomic E-state index is 12.7. The highest BCUT2D eigenvalue weighted by Gasteiger charge is 2.31. The molecular formula is C16H22N6O2. The zero-order chi connectivity index (χ0) is 16.7. The number of hydrogen-bond donors (Lipinski definition) is 2. The van der Waals surface area contributed by atoms with E-state index in [1.807, 2.05) is 19.9 Å². The minimum absolute atomic E-state index is 0.0601. The van der Waals surface area contributed by atoms with Crippen molar-refractivity contribution in [2.75, 3.05) is 19.7 Å². The minimum atomic E-state index is -0.274. The van der Waals surface area contributed by atoms with Crippen molar-refractivity contribution in [2.45, 2.75) is 44.6 Å². The molecular weight excluding hydrogens is 308 g/mol. The molecule has 2 fully saturated rings. The summed E-state index contributed by atoms with van der Waals surface area (Å²) in [6.45, 7) is 5.58. The Morgan fingerprint density at radius 3 is 2.88 bits per heavy atom. The van der Waals surface area contributed by atoms with Crippen molar-refractivity contribution in [1.29, 1.82) is 0 Å². The summed E-state index contributed by atoms with van der Waals surface area (Å²) < 4.78 is 5.77. The fraction of sp³-hybridized carbons (Fsp3) is 0.625. The molecule has 8 heteroatoms. The number of carbonyl (C=O) groups is 1. The normalized spacial score (nSPS) is 21.5. The van der Waals surface area contributed by atoms with Crippen LogP contribution in [-0.4, -0.2) is 55.9 Å². The number of amides is 1.